The van der Waals surface area contributed by atoms with E-state index in [9.17, 15) is 4.79 Å². The zero-order valence-electron chi connectivity index (χ0n) is 12.6. The smallest absolute Gasteiger partial charge is 0.303 e. The van der Waals surface area contributed by atoms with E-state index in [0.717, 1.165) is 13.1 Å². The lowest BCUT2D eigenvalue weighted by Gasteiger charge is -2.10. The maximum absolute atomic E-state index is 10.5. The fourth-order valence-electron chi connectivity index (χ4n) is 2.57. The van der Waals surface area contributed by atoms with Crippen LogP contribution in [0.4, 0.5) is 0 Å². The molecule has 1 heterocycles. The molecule has 0 bridgehead atoms. The topological polar surface area (TPSA) is 54.3 Å². The van der Waals surface area contributed by atoms with E-state index in [1.807, 2.05) is 18.2 Å². The van der Waals surface area contributed by atoms with Gasteiger partial charge in [0.2, 0.25) is 0 Å². The highest BCUT2D eigenvalue weighted by Gasteiger charge is 2.09. The van der Waals surface area contributed by atoms with Gasteiger partial charge >= 0.3 is 5.97 Å². The summed E-state index contributed by atoms with van der Waals surface area (Å²) in [5.41, 5.74) is 4.86. The second-order valence-electron chi connectivity index (χ2n) is 5.24. The van der Waals surface area contributed by atoms with Gasteiger partial charge in [0, 0.05) is 30.0 Å². The zero-order valence-corrected chi connectivity index (χ0v) is 12.6. The Hall–Kier alpha value is -2.07. The number of aryl methyl sites for hydroxylation is 1. The molecule has 0 radical (unpaired) electrons. The summed E-state index contributed by atoms with van der Waals surface area (Å²) in [6.45, 7) is 5.72. The third-order valence-corrected chi connectivity index (χ3v) is 3.61. The third kappa shape index (κ3) is 3.95. The minimum atomic E-state index is -0.737. The largest absolute Gasteiger partial charge is 0.481 e. The number of benzene rings is 1. The Morgan fingerprint density at radius 1 is 1.24 bits per heavy atom. The number of carboxylic acid groups (broad SMARTS) is 1. The van der Waals surface area contributed by atoms with E-state index in [4.69, 9.17) is 5.11 Å². The van der Waals surface area contributed by atoms with Gasteiger partial charge in [0.15, 0.2) is 0 Å². The van der Waals surface area contributed by atoms with Crippen molar-refractivity contribution in [1.29, 1.82) is 0 Å². The lowest BCUT2D eigenvalue weighted by atomic mass is 10.2. The number of carboxylic acids is 1. The van der Waals surface area contributed by atoms with Crippen LogP contribution < -0.4 is 5.32 Å². The molecular weight excluding hydrogens is 264 g/mol. The number of para-hydroxylation sites is 1. The van der Waals surface area contributed by atoms with Gasteiger partial charge in [0.25, 0.3) is 0 Å². The molecule has 0 saturated carbocycles. The van der Waals surface area contributed by atoms with E-state index in [1.165, 1.54) is 22.6 Å². The molecule has 0 fully saturated rings. The molecule has 2 aromatic rings. The predicted octanol–water partition coefficient (Wildman–Crippen LogP) is 3.05. The molecule has 0 unspecified atom stereocenters. The van der Waals surface area contributed by atoms with Gasteiger partial charge in [-0.15, -0.1) is 0 Å². The lowest BCUT2D eigenvalue weighted by Crippen LogP contribution is -2.16. The lowest BCUT2D eigenvalue weighted by molar-refractivity contribution is -0.137. The summed E-state index contributed by atoms with van der Waals surface area (Å²) in [6, 6.07) is 12.5. The summed E-state index contributed by atoms with van der Waals surface area (Å²) in [6.07, 6.45) is 0.878. The van der Waals surface area contributed by atoms with Gasteiger partial charge in [-0.2, -0.15) is 0 Å². The van der Waals surface area contributed by atoms with Crippen molar-refractivity contribution in [3.05, 3.63) is 53.3 Å². The van der Waals surface area contributed by atoms with Crippen molar-refractivity contribution >= 4 is 5.97 Å². The molecule has 0 atom stereocenters. The molecular formula is C17H22N2O2. The minimum absolute atomic E-state index is 0.218. The van der Waals surface area contributed by atoms with E-state index >= 15 is 0 Å². The molecule has 0 aliphatic heterocycles. The highest BCUT2D eigenvalue weighted by Crippen LogP contribution is 2.20. The van der Waals surface area contributed by atoms with Gasteiger partial charge in [-0.25, -0.2) is 0 Å². The number of aromatic nitrogens is 1. The number of aliphatic carboxylic acids is 1. The average Bonchev–Trinajstić information content (AvgIpc) is 2.74. The monoisotopic (exact) mass is 286 g/mol. The minimum Gasteiger partial charge on any atom is -0.481 e. The predicted molar refractivity (Wildman–Crippen MR) is 83.8 cm³/mol. The number of hydrogen-bond donors (Lipinski definition) is 2. The number of carbonyl (C=O) groups is 1. The fraction of sp³-hybridized carbons (Fsp3) is 0.353. The molecule has 0 spiro atoms. The summed E-state index contributed by atoms with van der Waals surface area (Å²) < 4.78 is 2.24. The molecule has 1 aromatic carbocycles. The Morgan fingerprint density at radius 2 is 1.95 bits per heavy atom. The van der Waals surface area contributed by atoms with Gasteiger partial charge < -0.3 is 15.0 Å². The first-order valence-corrected chi connectivity index (χ1v) is 7.25. The molecule has 0 saturated heterocycles. The molecule has 2 rings (SSSR count). The van der Waals surface area contributed by atoms with E-state index in [0.29, 0.717) is 6.42 Å². The highest BCUT2D eigenvalue weighted by atomic mass is 16.4. The van der Waals surface area contributed by atoms with Crippen LogP contribution in [-0.4, -0.2) is 22.2 Å². The molecule has 4 nitrogen and oxygen atoms in total. The summed E-state index contributed by atoms with van der Waals surface area (Å²) >= 11 is 0. The van der Waals surface area contributed by atoms with E-state index < -0.39 is 5.97 Å². The van der Waals surface area contributed by atoms with E-state index in [1.54, 1.807) is 0 Å². The average molecular weight is 286 g/mol. The van der Waals surface area contributed by atoms with Crippen molar-refractivity contribution in [2.75, 3.05) is 6.54 Å². The summed E-state index contributed by atoms with van der Waals surface area (Å²) in [7, 11) is 0. The van der Waals surface area contributed by atoms with Crippen molar-refractivity contribution in [3.63, 3.8) is 0 Å². The normalized spacial score (nSPS) is 10.8. The van der Waals surface area contributed by atoms with Crippen molar-refractivity contribution in [2.45, 2.75) is 33.2 Å². The van der Waals surface area contributed by atoms with Gasteiger partial charge in [-0.05, 0) is 50.6 Å². The molecule has 0 aliphatic rings. The first-order valence-electron chi connectivity index (χ1n) is 7.25. The van der Waals surface area contributed by atoms with Crippen LogP contribution in [0.2, 0.25) is 0 Å². The standard InChI is InChI=1S/C17H22N2O2/c1-13-11-15(12-18-10-6-9-17(20)21)14(2)19(13)16-7-4-3-5-8-16/h3-5,7-8,11,18H,6,9-10,12H2,1-2H3,(H,20,21). The Balaban J connectivity index is 2.01. The number of nitrogens with one attached hydrogen (secondary N) is 1. The van der Waals surface area contributed by atoms with E-state index in [-0.39, 0.29) is 6.42 Å². The Morgan fingerprint density at radius 3 is 2.62 bits per heavy atom. The molecule has 2 N–H and O–H groups in total. The maximum atomic E-state index is 10.5. The maximum Gasteiger partial charge on any atom is 0.303 e. The van der Waals surface area contributed by atoms with Gasteiger partial charge in [0.1, 0.15) is 0 Å². The Bertz CT molecular complexity index is 603. The van der Waals surface area contributed by atoms with Crippen molar-refractivity contribution < 1.29 is 9.90 Å². The number of hydrogen-bond acceptors (Lipinski definition) is 2. The van der Waals surface area contributed by atoms with Crippen LogP contribution in [0.15, 0.2) is 36.4 Å². The summed E-state index contributed by atoms with van der Waals surface area (Å²) in [5.74, 6) is -0.737. The van der Waals surface area contributed by atoms with Crippen LogP contribution in [0.3, 0.4) is 0 Å². The van der Waals surface area contributed by atoms with Crippen molar-refractivity contribution in [1.82, 2.24) is 9.88 Å². The highest BCUT2D eigenvalue weighted by molar-refractivity contribution is 5.66. The number of nitrogens with zero attached hydrogens (tertiary/aromatic N) is 1. The molecule has 112 valence electrons. The molecule has 4 heteroatoms. The van der Waals surface area contributed by atoms with Crippen molar-refractivity contribution in [3.8, 4) is 5.69 Å². The van der Waals surface area contributed by atoms with Crippen LogP contribution in [0.25, 0.3) is 5.69 Å². The van der Waals surface area contributed by atoms with Crippen LogP contribution in [0.5, 0.6) is 0 Å². The summed E-state index contributed by atoms with van der Waals surface area (Å²) in [4.78, 5) is 10.5. The Labute approximate surface area is 125 Å². The quantitative estimate of drug-likeness (QED) is 0.769. The van der Waals surface area contributed by atoms with Crippen LogP contribution in [-0.2, 0) is 11.3 Å². The summed E-state index contributed by atoms with van der Waals surface area (Å²) in [5, 5.41) is 11.9. The molecule has 1 aromatic heterocycles. The van der Waals surface area contributed by atoms with E-state index in [2.05, 4.69) is 41.9 Å². The second kappa shape index (κ2) is 7.09. The number of rotatable bonds is 7. The van der Waals surface area contributed by atoms with Crippen LogP contribution in [0.1, 0.15) is 29.8 Å². The first-order chi connectivity index (χ1) is 10.1. The van der Waals surface area contributed by atoms with Crippen molar-refractivity contribution in [2.24, 2.45) is 0 Å². The second-order valence-corrected chi connectivity index (χ2v) is 5.24. The zero-order chi connectivity index (χ0) is 15.2. The third-order valence-electron chi connectivity index (χ3n) is 3.61. The molecule has 21 heavy (non-hydrogen) atoms. The van der Waals surface area contributed by atoms with Crippen LogP contribution >= 0.6 is 0 Å². The molecule has 0 amide bonds. The van der Waals surface area contributed by atoms with Gasteiger partial charge in [-0.3, -0.25) is 4.79 Å². The van der Waals surface area contributed by atoms with Gasteiger partial charge in [-0.1, -0.05) is 18.2 Å². The Kier molecular flexibility index (Phi) is 5.17. The van der Waals surface area contributed by atoms with Gasteiger partial charge in [0.05, 0.1) is 0 Å². The molecule has 0 aliphatic carbocycles. The first kappa shape index (κ1) is 15.3. The fourth-order valence-corrected chi connectivity index (χ4v) is 2.57. The van der Waals surface area contributed by atoms with Crippen LogP contribution in [0, 0.1) is 13.8 Å². The SMILES string of the molecule is Cc1cc(CNCCCC(=O)O)c(C)n1-c1ccccc1.